The summed E-state index contributed by atoms with van der Waals surface area (Å²) in [6.07, 6.45) is 3.04. The number of para-hydroxylation sites is 2. The van der Waals surface area contributed by atoms with Gasteiger partial charge in [0.15, 0.2) is 11.5 Å². The zero-order valence-electron chi connectivity index (χ0n) is 15.1. The highest BCUT2D eigenvalue weighted by Gasteiger charge is 2.41. The molecule has 0 bridgehead atoms. The number of β-amino-alcohol motifs (C(OH)–C–C–N with tert-alkyl or cyclic N) is 1. The van der Waals surface area contributed by atoms with Gasteiger partial charge in [0.1, 0.15) is 12.7 Å². The van der Waals surface area contributed by atoms with E-state index >= 15 is 0 Å². The van der Waals surface area contributed by atoms with Crippen molar-refractivity contribution < 1.29 is 14.6 Å². The summed E-state index contributed by atoms with van der Waals surface area (Å²) in [5, 5.41) is 10.5. The van der Waals surface area contributed by atoms with Crippen LogP contribution in [-0.2, 0) is 0 Å². The molecule has 4 nitrogen and oxygen atoms in total. The first-order valence-electron chi connectivity index (χ1n) is 8.48. The lowest BCUT2D eigenvalue weighted by molar-refractivity contribution is -0.0607. The first-order valence-corrected chi connectivity index (χ1v) is 8.48. The van der Waals surface area contributed by atoms with Crippen molar-refractivity contribution >= 4 is 0 Å². The molecule has 1 aliphatic heterocycles. The Morgan fingerprint density at radius 3 is 2.22 bits per heavy atom. The fraction of sp³-hybridized carbons (Fsp3) is 0.684. The zero-order chi connectivity index (χ0) is 17.1. The SMILES string of the molecule is COc1ccccc1OC[C@@H](O)CN1C(C)(C)CCCC1(C)C. The minimum absolute atomic E-state index is 0.104. The van der Waals surface area contributed by atoms with Crippen LogP contribution < -0.4 is 9.47 Å². The topological polar surface area (TPSA) is 41.9 Å². The van der Waals surface area contributed by atoms with Gasteiger partial charge in [-0.05, 0) is 59.1 Å². The van der Waals surface area contributed by atoms with Gasteiger partial charge >= 0.3 is 0 Å². The molecule has 0 unspecified atom stereocenters. The Labute approximate surface area is 140 Å². The molecule has 0 aromatic heterocycles. The van der Waals surface area contributed by atoms with Crippen molar-refractivity contribution in [1.82, 2.24) is 4.90 Å². The quantitative estimate of drug-likeness (QED) is 0.871. The van der Waals surface area contributed by atoms with Crippen LogP contribution in [0.2, 0.25) is 0 Å². The number of aliphatic hydroxyl groups is 1. The van der Waals surface area contributed by atoms with E-state index in [0.29, 0.717) is 18.0 Å². The molecule has 0 amide bonds. The molecule has 0 aliphatic carbocycles. The maximum Gasteiger partial charge on any atom is 0.161 e. The normalized spacial score (nSPS) is 21.7. The maximum absolute atomic E-state index is 10.5. The van der Waals surface area contributed by atoms with Crippen LogP contribution in [0.15, 0.2) is 24.3 Å². The third-order valence-corrected chi connectivity index (χ3v) is 4.93. The van der Waals surface area contributed by atoms with Crippen molar-refractivity contribution in [3.63, 3.8) is 0 Å². The lowest BCUT2D eigenvalue weighted by atomic mass is 9.79. The van der Waals surface area contributed by atoms with Crippen molar-refractivity contribution in [1.29, 1.82) is 0 Å². The number of piperidine rings is 1. The third kappa shape index (κ3) is 4.39. The van der Waals surface area contributed by atoms with Gasteiger partial charge in [-0.3, -0.25) is 4.90 Å². The Balaban J connectivity index is 1.97. The highest BCUT2D eigenvalue weighted by molar-refractivity contribution is 5.39. The van der Waals surface area contributed by atoms with Gasteiger partial charge in [0.05, 0.1) is 7.11 Å². The number of benzene rings is 1. The molecular formula is C19H31NO3. The molecule has 23 heavy (non-hydrogen) atoms. The van der Waals surface area contributed by atoms with E-state index in [0.717, 1.165) is 12.8 Å². The number of hydrogen-bond acceptors (Lipinski definition) is 4. The second-order valence-corrected chi connectivity index (χ2v) is 7.70. The van der Waals surface area contributed by atoms with Crippen molar-refractivity contribution in [3.05, 3.63) is 24.3 Å². The number of hydrogen-bond donors (Lipinski definition) is 1. The van der Waals surface area contributed by atoms with E-state index in [1.807, 2.05) is 24.3 Å². The molecule has 1 heterocycles. The van der Waals surface area contributed by atoms with Gasteiger partial charge in [-0.25, -0.2) is 0 Å². The zero-order valence-corrected chi connectivity index (χ0v) is 15.1. The second kappa shape index (κ2) is 7.10. The number of likely N-dealkylation sites (tertiary alicyclic amines) is 1. The maximum atomic E-state index is 10.5. The summed E-state index contributed by atoms with van der Waals surface area (Å²) in [5.41, 5.74) is 0.209. The fourth-order valence-electron chi connectivity index (χ4n) is 3.72. The summed E-state index contributed by atoms with van der Waals surface area (Å²) in [5.74, 6) is 1.37. The van der Waals surface area contributed by atoms with Crippen molar-refractivity contribution in [2.75, 3.05) is 20.3 Å². The first-order chi connectivity index (χ1) is 10.8. The molecule has 0 spiro atoms. The van der Waals surface area contributed by atoms with Crippen LogP contribution in [0.5, 0.6) is 11.5 Å². The van der Waals surface area contributed by atoms with E-state index < -0.39 is 6.10 Å². The summed E-state index contributed by atoms with van der Waals surface area (Å²) in [6.45, 7) is 9.95. The second-order valence-electron chi connectivity index (χ2n) is 7.70. The standard InChI is InChI=1S/C19H31NO3/c1-18(2)11-8-12-19(3,4)20(18)13-15(21)14-23-17-10-7-6-9-16(17)22-5/h6-7,9-10,15,21H,8,11-14H2,1-5H3/t15-/m0/s1. The predicted octanol–water partition coefficient (Wildman–Crippen LogP) is 3.48. The molecule has 1 atom stereocenters. The van der Waals surface area contributed by atoms with Gasteiger partial charge in [-0.15, -0.1) is 0 Å². The third-order valence-electron chi connectivity index (χ3n) is 4.93. The van der Waals surface area contributed by atoms with Crippen molar-refractivity contribution in [3.8, 4) is 11.5 Å². The summed E-state index contributed by atoms with van der Waals surface area (Å²) in [6, 6.07) is 7.53. The van der Waals surface area contributed by atoms with Gasteiger partial charge in [-0.1, -0.05) is 12.1 Å². The molecule has 0 saturated carbocycles. The molecule has 130 valence electrons. The number of nitrogens with zero attached hydrogens (tertiary/aromatic N) is 1. The van der Waals surface area contributed by atoms with Crippen LogP contribution in [0.25, 0.3) is 0 Å². The molecule has 1 aliphatic rings. The lowest BCUT2D eigenvalue weighted by Crippen LogP contribution is -2.60. The van der Waals surface area contributed by atoms with Crippen molar-refractivity contribution in [2.45, 2.75) is 64.1 Å². The molecule has 0 radical (unpaired) electrons. The van der Waals surface area contributed by atoms with Crippen LogP contribution in [0.3, 0.4) is 0 Å². The Morgan fingerprint density at radius 2 is 1.65 bits per heavy atom. The largest absolute Gasteiger partial charge is 0.493 e. The summed E-state index contributed by atoms with van der Waals surface area (Å²) in [7, 11) is 1.62. The highest BCUT2D eigenvalue weighted by Crippen LogP contribution is 2.38. The van der Waals surface area contributed by atoms with Gasteiger partial charge in [0, 0.05) is 17.6 Å². The van der Waals surface area contributed by atoms with Crippen LogP contribution in [-0.4, -0.2) is 47.4 Å². The fourth-order valence-corrected chi connectivity index (χ4v) is 3.72. The molecule has 4 heteroatoms. The van der Waals surface area contributed by atoms with Crippen molar-refractivity contribution in [2.24, 2.45) is 0 Å². The molecule has 2 rings (SSSR count). The smallest absolute Gasteiger partial charge is 0.161 e. The summed E-state index contributed by atoms with van der Waals surface area (Å²) < 4.78 is 11.0. The first kappa shape index (κ1) is 18.1. The average molecular weight is 321 g/mol. The molecule has 1 aromatic carbocycles. The molecule has 1 N–H and O–H groups in total. The molecule has 1 saturated heterocycles. The number of rotatable bonds is 6. The monoisotopic (exact) mass is 321 g/mol. The Hall–Kier alpha value is -1.26. The minimum atomic E-state index is -0.531. The molecular weight excluding hydrogens is 290 g/mol. The highest BCUT2D eigenvalue weighted by atomic mass is 16.5. The van der Waals surface area contributed by atoms with Gasteiger partial charge < -0.3 is 14.6 Å². The summed E-state index contributed by atoms with van der Waals surface area (Å²) in [4.78, 5) is 2.43. The lowest BCUT2D eigenvalue weighted by Gasteiger charge is -2.53. The Morgan fingerprint density at radius 1 is 1.09 bits per heavy atom. The summed E-state index contributed by atoms with van der Waals surface area (Å²) >= 11 is 0. The van der Waals surface area contributed by atoms with Gasteiger partial charge in [-0.2, -0.15) is 0 Å². The molecule has 1 fully saturated rings. The van der Waals surface area contributed by atoms with E-state index in [1.165, 1.54) is 6.42 Å². The number of ether oxygens (including phenoxy) is 2. The van der Waals surface area contributed by atoms with E-state index in [4.69, 9.17) is 9.47 Å². The van der Waals surface area contributed by atoms with E-state index in [1.54, 1.807) is 7.11 Å². The van der Waals surface area contributed by atoms with Gasteiger partial charge in [0.25, 0.3) is 0 Å². The van der Waals surface area contributed by atoms with Crippen LogP contribution in [0.1, 0.15) is 47.0 Å². The van der Waals surface area contributed by atoms with E-state index in [9.17, 15) is 5.11 Å². The predicted molar refractivity (Wildman–Crippen MR) is 93.2 cm³/mol. The van der Waals surface area contributed by atoms with Crippen LogP contribution in [0, 0.1) is 0 Å². The minimum Gasteiger partial charge on any atom is -0.493 e. The Kier molecular flexibility index (Phi) is 5.58. The van der Waals surface area contributed by atoms with Crippen LogP contribution >= 0.6 is 0 Å². The van der Waals surface area contributed by atoms with Gasteiger partial charge in [0.2, 0.25) is 0 Å². The number of methoxy groups -OCH3 is 1. The Bertz CT molecular complexity index is 497. The van der Waals surface area contributed by atoms with Crippen LogP contribution in [0.4, 0.5) is 0 Å². The average Bonchev–Trinajstić information content (AvgIpc) is 2.49. The molecule has 1 aromatic rings. The van der Waals surface area contributed by atoms with E-state index in [-0.39, 0.29) is 17.7 Å². The van der Waals surface area contributed by atoms with E-state index in [2.05, 4.69) is 32.6 Å². The number of aliphatic hydroxyl groups excluding tert-OH is 1.